The Labute approximate surface area is 122 Å². The van der Waals surface area contributed by atoms with Crippen LogP contribution >= 0.6 is 0 Å². The molecule has 1 unspecified atom stereocenters. The predicted molar refractivity (Wildman–Crippen MR) is 77.9 cm³/mol. The highest BCUT2D eigenvalue weighted by molar-refractivity contribution is 5.94. The summed E-state index contributed by atoms with van der Waals surface area (Å²) in [6, 6.07) is 11.5. The standard InChI is InChI=1S/C16H15N3O2/c1-11-6-7-17-14(10-11)16-12-4-2-3-5-13(12)18-15(20)19(16)8-9-21-16/h2-7,10H,8-9H2,1H3,(H,18,20). The van der Waals surface area contributed by atoms with Gasteiger partial charge >= 0.3 is 6.03 Å². The normalized spacial score (nSPS) is 23.5. The molecule has 5 nitrogen and oxygen atoms in total. The summed E-state index contributed by atoms with van der Waals surface area (Å²) in [5, 5.41) is 2.92. The van der Waals surface area contributed by atoms with Gasteiger partial charge in [-0.2, -0.15) is 0 Å². The van der Waals surface area contributed by atoms with Crippen molar-refractivity contribution in [2.45, 2.75) is 12.6 Å². The number of carbonyl (C=O) groups is 1. The number of anilines is 1. The molecule has 1 atom stereocenters. The summed E-state index contributed by atoms with van der Waals surface area (Å²) in [5.74, 6) is 0. The van der Waals surface area contributed by atoms with Gasteiger partial charge in [-0.15, -0.1) is 0 Å². The number of aromatic nitrogens is 1. The Bertz CT molecular complexity index is 731. The van der Waals surface area contributed by atoms with Crippen LogP contribution in [0.5, 0.6) is 0 Å². The minimum atomic E-state index is -0.912. The molecule has 0 bridgehead atoms. The molecule has 106 valence electrons. The highest BCUT2D eigenvalue weighted by Crippen LogP contribution is 2.45. The number of aryl methyl sites for hydroxylation is 1. The third-order valence-corrected chi connectivity index (χ3v) is 4.05. The maximum Gasteiger partial charge on any atom is 0.324 e. The summed E-state index contributed by atoms with van der Waals surface area (Å²) >= 11 is 0. The van der Waals surface area contributed by atoms with Crippen molar-refractivity contribution >= 4 is 11.7 Å². The fourth-order valence-electron chi connectivity index (χ4n) is 3.13. The van der Waals surface area contributed by atoms with E-state index in [0.717, 1.165) is 22.5 Å². The largest absolute Gasteiger partial charge is 0.344 e. The molecular weight excluding hydrogens is 266 g/mol. The molecule has 0 aliphatic carbocycles. The van der Waals surface area contributed by atoms with Crippen molar-refractivity contribution in [3.8, 4) is 0 Å². The molecule has 0 radical (unpaired) electrons. The molecule has 3 heterocycles. The topological polar surface area (TPSA) is 54.5 Å². The number of benzene rings is 1. The van der Waals surface area contributed by atoms with Gasteiger partial charge in [0, 0.05) is 18.3 Å². The van der Waals surface area contributed by atoms with Crippen molar-refractivity contribution in [2.75, 3.05) is 18.5 Å². The Balaban J connectivity index is 2.01. The van der Waals surface area contributed by atoms with Crippen LogP contribution in [0.3, 0.4) is 0 Å². The number of amides is 2. The lowest BCUT2D eigenvalue weighted by Crippen LogP contribution is -2.52. The molecule has 4 rings (SSSR count). The van der Waals surface area contributed by atoms with E-state index in [1.54, 1.807) is 11.1 Å². The van der Waals surface area contributed by atoms with Crippen LogP contribution in [0.1, 0.15) is 16.8 Å². The number of hydrogen-bond donors (Lipinski definition) is 1. The first-order chi connectivity index (χ1) is 10.2. The molecule has 1 fully saturated rings. The van der Waals surface area contributed by atoms with Crippen molar-refractivity contribution in [3.63, 3.8) is 0 Å². The first-order valence-electron chi connectivity index (χ1n) is 6.97. The number of nitrogens with zero attached hydrogens (tertiary/aromatic N) is 2. The van der Waals surface area contributed by atoms with Crippen molar-refractivity contribution in [1.29, 1.82) is 0 Å². The number of nitrogens with one attached hydrogen (secondary N) is 1. The molecule has 2 aliphatic heterocycles. The zero-order valence-corrected chi connectivity index (χ0v) is 11.7. The van der Waals surface area contributed by atoms with Crippen LogP contribution in [0.25, 0.3) is 0 Å². The van der Waals surface area contributed by atoms with Gasteiger partial charge in [-0.3, -0.25) is 9.88 Å². The van der Waals surface area contributed by atoms with Gasteiger partial charge in [-0.05, 0) is 30.7 Å². The molecule has 1 aromatic carbocycles. The Kier molecular flexibility index (Phi) is 2.53. The summed E-state index contributed by atoms with van der Waals surface area (Å²) in [7, 11) is 0. The molecule has 5 heteroatoms. The van der Waals surface area contributed by atoms with Crippen LogP contribution in [0.15, 0.2) is 42.6 Å². The molecule has 1 saturated heterocycles. The van der Waals surface area contributed by atoms with E-state index in [0.29, 0.717) is 13.2 Å². The van der Waals surface area contributed by atoms with Crippen LogP contribution in [-0.4, -0.2) is 29.1 Å². The smallest absolute Gasteiger partial charge is 0.324 e. The molecule has 0 saturated carbocycles. The van der Waals surface area contributed by atoms with E-state index < -0.39 is 5.72 Å². The van der Waals surface area contributed by atoms with Crippen LogP contribution in [0.4, 0.5) is 10.5 Å². The summed E-state index contributed by atoms with van der Waals surface area (Å²) in [5.41, 5.74) is 2.64. The second-order valence-electron chi connectivity index (χ2n) is 5.34. The van der Waals surface area contributed by atoms with Crippen molar-refractivity contribution in [1.82, 2.24) is 9.88 Å². The molecule has 2 aliphatic rings. The lowest BCUT2D eigenvalue weighted by Gasteiger charge is -2.41. The van der Waals surface area contributed by atoms with Crippen LogP contribution in [0.2, 0.25) is 0 Å². The summed E-state index contributed by atoms with van der Waals surface area (Å²) in [4.78, 5) is 18.6. The lowest BCUT2D eigenvalue weighted by molar-refractivity contribution is -0.0361. The highest BCUT2D eigenvalue weighted by Gasteiger charge is 2.53. The molecule has 2 amide bonds. The maximum atomic E-state index is 12.4. The van der Waals surface area contributed by atoms with Crippen LogP contribution in [0, 0.1) is 6.92 Å². The Hall–Kier alpha value is -2.40. The quantitative estimate of drug-likeness (QED) is 0.873. The SMILES string of the molecule is Cc1ccnc(C23OCCN2C(=O)Nc2ccccc23)c1. The molecular formula is C16H15N3O2. The second kappa shape index (κ2) is 4.30. The van der Waals surface area contributed by atoms with E-state index in [1.807, 2.05) is 43.3 Å². The fourth-order valence-corrected chi connectivity index (χ4v) is 3.13. The minimum absolute atomic E-state index is 0.144. The number of para-hydroxylation sites is 1. The van der Waals surface area contributed by atoms with Gasteiger partial charge in [0.05, 0.1) is 18.0 Å². The van der Waals surface area contributed by atoms with Gasteiger partial charge < -0.3 is 10.1 Å². The maximum absolute atomic E-state index is 12.4. The summed E-state index contributed by atoms with van der Waals surface area (Å²) < 4.78 is 6.09. The number of fused-ring (bicyclic) bond motifs is 3. The highest BCUT2D eigenvalue weighted by atomic mass is 16.5. The Morgan fingerprint density at radius 3 is 3.05 bits per heavy atom. The van der Waals surface area contributed by atoms with E-state index in [-0.39, 0.29) is 6.03 Å². The minimum Gasteiger partial charge on any atom is -0.344 e. The molecule has 2 aromatic rings. The zero-order valence-electron chi connectivity index (χ0n) is 11.7. The van der Waals surface area contributed by atoms with E-state index in [4.69, 9.17) is 4.74 Å². The Morgan fingerprint density at radius 1 is 1.33 bits per heavy atom. The lowest BCUT2D eigenvalue weighted by atomic mass is 9.93. The van der Waals surface area contributed by atoms with E-state index in [9.17, 15) is 4.79 Å². The zero-order chi connectivity index (χ0) is 14.4. The van der Waals surface area contributed by atoms with Gasteiger partial charge in [0.2, 0.25) is 5.72 Å². The molecule has 0 spiro atoms. The van der Waals surface area contributed by atoms with Gasteiger partial charge in [0.15, 0.2) is 0 Å². The van der Waals surface area contributed by atoms with Crippen molar-refractivity contribution in [2.24, 2.45) is 0 Å². The van der Waals surface area contributed by atoms with E-state index >= 15 is 0 Å². The number of ether oxygens (including phenoxy) is 1. The average Bonchev–Trinajstić information content (AvgIpc) is 2.94. The number of carbonyl (C=O) groups excluding carboxylic acids is 1. The Morgan fingerprint density at radius 2 is 2.19 bits per heavy atom. The van der Waals surface area contributed by atoms with Crippen LogP contribution < -0.4 is 5.32 Å². The first-order valence-corrected chi connectivity index (χ1v) is 6.97. The summed E-state index contributed by atoms with van der Waals surface area (Å²) in [6.07, 6.45) is 1.76. The number of rotatable bonds is 1. The van der Waals surface area contributed by atoms with Crippen molar-refractivity contribution < 1.29 is 9.53 Å². The average molecular weight is 281 g/mol. The number of urea groups is 1. The van der Waals surface area contributed by atoms with Gasteiger partial charge in [-0.1, -0.05) is 18.2 Å². The van der Waals surface area contributed by atoms with Crippen molar-refractivity contribution in [3.05, 3.63) is 59.4 Å². The summed E-state index contributed by atoms with van der Waals surface area (Å²) in [6.45, 7) is 3.06. The van der Waals surface area contributed by atoms with Gasteiger partial charge in [-0.25, -0.2) is 4.79 Å². The number of hydrogen-bond acceptors (Lipinski definition) is 3. The predicted octanol–water partition coefficient (Wildman–Crippen LogP) is 2.47. The molecule has 1 aromatic heterocycles. The van der Waals surface area contributed by atoms with E-state index in [1.165, 1.54) is 0 Å². The monoisotopic (exact) mass is 281 g/mol. The molecule has 21 heavy (non-hydrogen) atoms. The molecule has 1 N–H and O–H groups in total. The first kappa shape index (κ1) is 12.3. The third-order valence-electron chi connectivity index (χ3n) is 4.05. The van der Waals surface area contributed by atoms with Crippen LogP contribution in [-0.2, 0) is 10.5 Å². The fraction of sp³-hybridized carbons (Fsp3) is 0.250. The second-order valence-corrected chi connectivity index (χ2v) is 5.34. The number of pyridine rings is 1. The van der Waals surface area contributed by atoms with Gasteiger partial charge in [0.1, 0.15) is 0 Å². The van der Waals surface area contributed by atoms with Gasteiger partial charge in [0.25, 0.3) is 0 Å². The van der Waals surface area contributed by atoms with E-state index in [2.05, 4.69) is 10.3 Å². The third kappa shape index (κ3) is 1.61.